The quantitative estimate of drug-likeness (QED) is 0.576. The first-order valence-corrected chi connectivity index (χ1v) is 6.25. The number of aromatic nitrogens is 1. The van der Waals surface area contributed by atoms with E-state index in [-0.39, 0.29) is 5.75 Å². The summed E-state index contributed by atoms with van der Waals surface area (Å²) in [4.78, 5) is 27.1. The van der Waals surface area contributed by atoms with Crippen LogP contribution in [0.3, 0.4) is 0 Å². The second-order valence-electron chi connectivity index (χ2n) is 3.74. The number of phenolic OH excluding ortho intramolecular Hbond substituents is 1. The average molecular weight is 277 g/mol. The zero-order valence-electron chi connectivity index (χ0n) is 10.0. The molecule has 3 N–H and O–H groups in total. The molecule has 6 nitrogen and oxygen atoms in total. The van der Waals surface area contributed by atoms with Gasteiger partial charge in [-0.15, -0.1) is 11.3 Å². The molecule has 19 heavy (non-hydrogen) atoms. The Hall–Kier alpha value is -2.41. The highest BCUT2D eigenvalue weighted by Crippen LogP contribution is 2.20. The Morgan fingerprint density at radius 2 is 2.00 bits per heavy atom. The van der Waals surface area contributed by atoms with Crippen LogP contribution in [0, 0.1) is 6.92 Å². The number of benzene rings is 1. The van der Waals surface area contributed by atoms with Crippen LogP contribution < -0.4 is 10.6 Å². The molecule has 0 bridgehead atoms. The number of nitrogens with one attached hydrogen (secondary N) is 2. The van der Waals surface area contributed by atoms with Crippen molar-refractivity contribution in [3.05, 3.63) is 35.3 Å². The van der Waals surface area contributed by atoms with Gasteiger partial charge in [0.2, 0.25) is 0 Å². The fraction of sp³-hybridized carbons (Fsp3) is 0.0833. The number of amides is 2. The van der Waals surface area contributed by atoms with Crippen molar-refractivity contribution in [2.45, 2.75) is 6.92 Å². The first kappa shape index (κ1) is 13.0. The van der Waals surface area contributed by atoms with Crippen molar-refractivity contribution in [1.82, 2.24) is 4.98 Å². The molecule has 0 aliphatic carbocycles. The Bertz CT molecular complexity index is 611. The summed E-state index contributed by atoms with van der Waals surface area (Å²) < 4.78 is 0. The van der Waals surface area contributed by atoms with E-state index in [1.165, 1.54) is 35.7 Å². The standard InChI is InChI=1S/C12H11N3O3S/c1-7-6-8(16)2-3-9(7)14-10(17)11(18)15-12-13-4-5-19-12/h2-6,16H,1H3,(H,14,17)(H,13,15,18). The van der Waals surface area contributed by atoms with Crippen LogP contribution in [0.25, 0.3) is 0 Å². The third-order valence-electron chi connectivity index (χ3n) is 2.32. The summed E-state index contributed by atoms with van der Waals surface area (Å²) in [6, 6.07) is 4.45. The van der Waals surface area contributed by atoms with Gasteiger partial charge < -0.3 is 10.4 Å². The predicted molar refractivity (Wildman–Crippen MR) is 72.2 cm³/mol. The SMILES string of the molecule is Cc1cc(O)ccc1NC(=O)C(=O)Nc1nccs1. The summed E-state index contributed by atoms with van der Waals surface area (Å²) in [7, 11) is 0. The van der Waals surface area contributed by atoms with Crippen LogP contribution in [-0.4, -0.2) is 21.9 Å². The third-order valence-corrected chi connectivity index (χ3v) is 3.01. The molecule has 98 valence electrons. The van der Waals surface area contributed by atoms with Crippen LogP contribution in [0.15, 0.2) is 29.8 Å². The fourth-order valence-corrected chi connectivity index (χ4v) is 1.93. The van der Waals surface area contributed by atoms with E-state index in [1.54, 1.807) is 12.3 Å². The van der Waals surface area contributed by atoms with Crippen molar-refractivity contribution in [1.29, 1.82) is 0 Å². The normalized spacial score (nSPS) is 9.95. The summed E-state index contributed by atoms with van der Waals surface area (Å²) in [5, 5.41) is 16.2. The zero-order chi connectivity index (χ0) is 13.8. The Morgan fingerprint density at radius 1 is 1.26 bits per heavy atom. The van der Waals surface area contributed by atoms with Gasteiger partial charge in [0.05, 0.1) is 0 Å². The largest absolute Gasteiger partial charge is 0.508 e. The van der Waals surface area contributed by atoms with E-state index in [0.29, 0.717) is 16.4 Å². The molecule has 1 heterocycles. The maximum Gasteiger partial charge on any atom is 0.315 e. The molecule has 0 unspecified atom stereocenters. The number of aromatic hydroxyl groups is 1. The van der Waals surface area contributed by atoms with E-state index in [0.717, 1.165) is 0 Å². The van der Waals surface area contributed by atoms with Gasteiger partial charge in [0.15, 0.2) is 5.13 Å². The van der Waals surface area contributed by atoms with Gasteiger partial charge >= 0.3 is 11.8 Å². The number of hydrogen-bond acceptors (Lipinski definition) is 5. The average Bonchev–Trinajstić information content (AvgIpc) is 2.85. The number of carbonyl (C=O) groups excluding carboxylic acids is 2. The van der Waals surface area contributed by atoms with Crippen molar-refractivity contribution < 1.29 is 14.7 Å². The highest BCUT2D eigenvalue weighted by atomic mass is 32.1. The molecule has 0 spiro atoms. The van der Waals surface area contributed by atoms with Gasteiger partial charge in [0, 0.05) is 17.3 Å². The summed E-state index contributed by atoms with van der Waals surface area (Å²) in [6.07, 6.45) is 1.53. The van der Waals surface area contributed by atoms with E-state index in [2.05, 4.69) is 15.6 Å². The second kappa shape index (κ2) is 5.49. The van der Waals surface area contributed by atoms with Crippen molar-refractivity contribution >= 4 is 34.0 Å². The molecule has 0 saturated heterocycles. The highest BCUT2D eigenvalue weighted by Gasteiger charge is 2.15. The molecule has 0 fully saturated rings. The van der Waals surface area contributed by atoms with Gasteiger partial charge in [-0.3, -0.25) is 14.9 Å². The minimum atomic E-state index is -0.789. The van der Waals surface area contributed by atoms with E-state index >= 15 is 0 Å². The molecular weight excluding hydrogens is 266 g/mol. The van der Waals surface area contributed by atoms with Gasteiger partial charge in [0.25, 0.3) is 0 Å². The van der Waals surface area contributed by atoms with Crippen LogP contribution in [0.2, 0.25) is 0 Å². The molecule has 2 amide bonds. The highest BCUT2D eigenvalue weighted by molar-refractivity contribution is 7.13. The van der Waals surface area contributed by atoms with E-state index in [4.69, 9.17) is 0 Å². The first-order chi connectivity index (χ1) is 9.06. The summed E-state index contributed by atoms with van der Waals surface area (Å²) >= 11 is 1.22. The lowest BCUT2D eigenvalue weighted by Gasteiger charge is -2.08. The summed E-state index contributed by atoms with van der Waals surface area (Å²) in [6.45, 7) is 1.72. The monoisotopic (exact) mass is 277 g/mol. The van der Waals surface area contributed by atoms with Crippen molar-refractivity contribution in [3.8, 4) is 5.75 Å². The number of thiazole rings is 1. The molecule has 0 saturated carbocycles. The van der Waals surface area contributed by atoms with Crippen LogP contribution in [0.1, 0.15) is 5.56 Å². The minimum Gasteiger partial charge on any atom is -0.508 e. The molecular formula is C12H11N3O3S. The molecule has 7 heteroatoms. The smallest absolute Gasteiger partial charge is 0.315 e. The van der Waals surface area contributed by atoms with Gasteiger partial charge in [-0.25, -0.2) is 4.98 Å². The van der Waals surface area contributed by atoms with Gasteiger partial charge in [-0.1, -0.05) is 0 Å². The first-order valence-electron chi connectivity index (χ1n) is 5.37. The van der Waals surface area contributed by atoms with E-state index in [1.807, 2.05) is 0 Å². The second-order valence-corrected chi connectivity index (χ2v) is 4.64. The topological polar surface area (TPSA) is 91.3 Å². The number of aryl methyl sites for hydroxylation is 1. The summed E-state index contributed by atoms with van der Waals surface area (Å²) in [5.41, 5.74) is 1.13. The predicted octanol–water partition coefficient (Wildman–Crippen LogP) is 1.73. The maximum absolute atomic E-state index is 11.7. The number of hydrogen-bond donors (Lipinski definition) is 3. The Kier molecular flexibility index (Phi) is 3.76. The van der Waals surface area contributed by atoms with Gasteiger partial charge in [-0.2, -0.15) is 0 Å². The Labute approximate surface area is 113 Å². The number of rotatable bonds is 2. The molecule has 2 rings (SSSR count). The van der Waals surface area contributed by atoms with E-state index < -0.39 is 11.8 Å². The molecule has 1 aromatic heterocycles. The Balaban J connectivity index is 2.02. The lowest BCUT2D eigenvalue weighted by molar-refractivity contribution is -0.133. The molecule has 0 atom stereocenters. The fourth-order valence-electron chi connectivity index (χ4n) is 1.41. The minimum absolute atomic E-state index is 0.0998. The van der Waals surface area contributed by atoms with Gasteiger partial charge in [0.1, 0.15) is 5.75 Å². The van der Waals surface area contributed by atoms with Crippen molar-refractivity contribution in [2.75, 3.05) is 10.6 Å². The van der Waals surface area contributed by atoms with Crippen LogP contribution in [0.5, 0.6) is 5.75 Å². The number of anilines is 2. The molecule has 0 aliphatic heterocycles. The van der Waals surface area contributed by atoms with E-state index in [9.17, 15) is 14.7 Å². The molecule has 2 aromatic rings. The number of nitrogens with zero attached hydrogens (tertiary/aromatic N) is 1. The van der Waals surface area contributed by atoms with Crippen LogP contribution in [0.4, 0.5) is 10.8 Å². The molecule has 0 aliphatic rings. The number of carbonyl (C=O) groups is 2. The Morgan fingerprint density at radius 3 is 2.63 bits per heavy atom. The maximum atomic E-state index is 11.7. The lowest BCUT2D eigenvalue weighted by Crippen LogP contribution is -2.29. The molecule has 0 radical (unpaired) electrons. The number of phenols is 1. The van der Waals surface area contributed by atoms with Gasteiger partial charge in [-0.05, 0) is 30.7 Å². The van der Waals surface area contributed by atoms with Crippen LogP contribution in [-0.2, 0) is 9.59 Å². The lowest BCUT2D eigenvalue weighted by atomic mass is 10.2. The molecule has 1 aromatic carbocycles. The van der Waals surface area contributed by atoms with Crippen molar-refractivity contribution in [3.63, 3.8) is 0 Å². The van der Waals surface area contributed by atoms with Crippen LogP contribution >= 0.6 is 11.3 Å². The summed E-state index contributed by atoms with van der Waals surface area (Å²) in [5.74, 6) is -1.48. The van der Waals surface area contributed by atoms with Crippen molar-refractivity contribution in [2.24, 2.45) is 0 Å². The third kappa shape index (κ3) is 3.29. The zero-order valence-corrected chi connectivity index (χ0v) is 10.8.